The van der Waals surface area contributed by atoms with E-state index in [1.54, 1.807) is 31.6 Å². The summed E-state index contributed by atoms with van der Waals surface area (Å²) in [5.74, 6) is 0. The molecule has 1 aromatic carbocycles. The first-order valence-corrected chi connectivity index (χ1v) is 8.10. The molecule has 0 amide bonds. The van der Waals surface area contributed by atoms with E-state index in [1.165, 1.54) is 6.07 Å². The van der Waals surface area contributed by atoms with Crippen molar-refractivity contribution in [2.45, 2.75) is 18.4 Å². The number of sulfonamides is 1. The van der Waals surface area contributed by atoms with E-state index in [-0.39, 0.29) is 4.90 Å². The highest BCUT2D eigenvalue weighted by Crippen LogP contribution is 2.22. The molecular weight excluding hydrogens is 290 g/mol. The summed E-state index contributed by atoms with van der Waals surface area (Å²) in [7, 11) is -3.48. The number of nitrogens with one attached hydrogen (secondary N) is 2. The molecule has 0 radical (unpaired) electrons. The van der Waals surface area contributed by atoms with E-state index in [1.807, 2.05) is 10.8 Å². The van der Waals surface area contributed by atoms with E-state index >= 15 is 0 Å². The van der Waals surface area contributed by atoms with Gasteiger partial charge < -0.3 is 15.6 Å². The number of rotatable bonds is 7. The molecule has 0 atom stereocenters. The van der Waals surface area contributed by atoms with Crippen LogP contribution < -0.4 is 15.8 Å². The maximum atomic E-state index is 12.0. The van der Waals surface area contributed by atoms with Gasteiger partial charge in [0.15, 0.2) is 0 Å². The standard InChI is InChI=1S/C13H19N5O2S/c1-2-17-21(19,20)11-3-4-12(14)13(9-11)16-6-8-18-7-5-15-10-18/h3-5,7,9-10,16-17H,2,6,8,14H2,1H3. The SMILES string of the molecule is CCNS(=O)(=O)c1ccc(N)c(NCCn2ccnc2)c1. The molecule has 114 valence electrons. The van der Waals surface area contributed by atoms with Crippen LogP contribution in [0, 0.1) is 0 Å². The minimum absolute atomic E-state index is 0.198. The molecular formula is C13H19N5O2S. The van der Waals surface area contributed by atoms with Crippen LogP contribution in [-0.2, 0) is 16.6 Å². The second kappa shape index (κ2) is 6.59. The Balaban J connectivity index is 2.08. The molecule has 0 saturated heterocycles. The van der Waals surface area contributed by atoms with Gasteiger partial charge in [-0.25, -0.2) is 18.1 Å². The van der Waals surface area contributed by atoms with Crippen molar-refractivity contribution >= 4 is 21.4 Å². The maximum Gasteiger partial charge on any atom is 0.240 e. The van der Waals surface area contributed by atoms with Gasteiger partial charge in [-0.2, -0.15) is 0 Å². The topological polar surface area (TPSA) is 102 Å². The van der Waals surface area contributed by atoms with Gasteiger partial charge in [0.25, 0.3) is 0 Å². The average Bonchev–Trinajstić information content (AvgIpc) is 2.94. The number of anilines is 2. The van der Waals surface area contributed by atoms with Gasteiger partial charge in [0.1, 0.15) is 0 Å². The van der Waals surface area contributed by atoms with Crippen molar-refractivity contribution in [2.75, 3.05) is 24.1 Å². The van der Waals surface area contributed by atoms with E-state index in [2.05, 4.69) is 15.0 Å². The number of nitrogens with zero attached hydrogens (tertiary/aromatic N) is 2. The van der Waals surface area contributed by atoms with Gasteiger partial charge in [-0.15, -0.1) is 0 Å². The summed E-state index contributed by atoms with van der Waals surface area (Å²) in [6.07, 6.45) is 5.28. The zero-order valence-electron chi connectivity index (χ0n) is 11.8. The van der Waals surface area contributed by atoms with E-state index in [9.17, 15) is 8.42 Å². The van der Waals surface area contributed by atoms with Crippen molar-refractivity contribution in [1.29, 1.82) is 0 Å². The normalized spacial score (nSPS) is 11.5. The molecule has 8 heteroatoms. The summed E-state index contributed by atoms with van der Waals surface area (Å²) in [4.78, 5) is 4.15. The van der Waals surface area contributed by atoms with Crippen LogP contribution in [0.5, 0.6) is 0 Å². The smallest absolute Gasteiger partial charge is 0.240 e. The lowest BCUT2D eigenvalue weighted by atomic mass is 10.2. The van der Waals surface area contributed by atoms with Gasteiger partial charge in [0.05, 0.1) is 22.6 Å². The van der Waals surface area contributed by atoms with Gasteiger partial charge in [0.2, 0.25) is 10.0 Å². The Hall–Kier alpha value is -2.06. The van der Waals surface area contributed by atoms with E-state index in [4.69, 9.17) is 5.73 Å². The van der Waals surface area contributed by atoms with Crippen molar-refractivity contribution in [3.8, 4) is 0 Å². The summed E-state index contributed by atoms with van der Waals surface area (Å²) in [5.41, 5.74) is 6.99. The fraction of sp³-hybridized carbons (Fsp3) is 0.308. The molecule has 0 bridgehead atoms. The largest absolute Gasteiger partial charge is 0.397 e. The first-order valence-electron chi connectivity index (χ1n) is 6.61. The number of aromatic nitrogens is 2. The Morgan fingerprint density at radius 3 is 2.86 bits per heavy atom. The Kier molecular flexibility index (Phi) is 4.81. The molecule has 4 N–H and O–H groups in total. The Labute approximate surface area is 124 Å². The lowest BCUT2D eigenvalue weighted by Gasteiger charge is -2.12. The number of hydrogen-bond acceptors (Lipinski definition) is 5. The average molecular weight is 309 g/mol. The number of hydrogen-bond donors (Lipinski definition) is 3. The van der Waals surface area contributed by atoms with Crippen molar-refractivity contribution < 1.29 is 8.42 Å². The Morgan fingerprint density at radius 1 is 1.38 bits per heavy atom. The molecule has 21 heavy (non-hydrogen) atoms. The fourth-order valence-corrected chi connectivity index (χ4v) is 2.93. The van der Waals surface area contributed by atoms with E-state index in [0.29, 0.717) is 31.0 Å². The van der Waals surface area contributed by atoms with Crippen molar-refractivity contribution in [1.82, 2.24) is 14.3 Å². The predicted octanol–water partition coefficient (Wildman–Crippen LogP) is 0.876. The van der Waals surface area contributed by atoms with Gasteiger partial charge >= 0.3 is 0 Å². The molecule has 0 saturated carbocycles. The first-order chi connectivity index (χ1) is 10.0. The highest BCUT2D eigenvalue weighted by atomic mass is 32.2. The molecule has 1 aromatic heterocycles. The van der Waals surface area contributed by atoms with Crippen LogP contribution in [0.1, 0.15) is 6.92 Å². The third-order valence-corrected chi connectivity index (χ3v) is 4.46. The number of nitrogen functional groups attached to an aromatic ring is 1. The Morgan fingerprint density at radius 2 is 2.19 bits per heavy atom. The van der Waals surface area contributed by atoms with Crippen molar-refractivity contribution in [3.63, 3.8) is 0 Å². The monoisotopic (exact) mass is 309 g/mol. The molecule has 0 fully saturated rings. The summed E-state index contributed by atoms with van der Waals surface area (Å²) >= 11 is 0. The van der Waals surface area contributed by atoms with E-state index < -0.39 is 10.0 Å². The number of nitrogens with two attached hydrogens (primary N) is 1. The van der Waals surface area contributed by atoms with Gasteiger partial charge in [0, 0.05) is 32.0 Å². The third kappa shape index (κ3) is 3.96. The number of benzene rings is 1. The zero-order valence-corrected chi connectivity index (χ0v) is 12.6. The number of imidazole rings is 1. The summed E-state index contributed by atoms with van der Waals surface area (Å²) in [6.45, 7) is 3.41. The van der Waals surface area contributed by atoms with Crippen LogP contribution >= 0.6 is 0 Å². The third-order valence-electron chi connectivity index (χ3n) is 2.91. The van der Waals surface area contributed by atoms with Crippen LogP contribution in [0.2, 0.25) is 0 Å². The maximum absolute atomic E-state index is 12.0. The summed E-state index contributed by atoms with van der Waals surface area (Å²) < 4.78 is 28.3. The zero-order chi connectivity index (χ0) is 15.3. The molecule has 0 aliphatic rings. The fourth-order valence-electron chi connectivity index (χ4n) is 1.87. The van der Waals surface area contributed by atoms with Crippen molar-refractivity contribution in [3.05, 3.63) is 36.9 Å². The highest BCUT2D eigenvalue weighted by Gasteiger charge is 2.14. The van der Waals surface area contributed by atoms with E-state index in [0.717, 1.165) is 0 Å². The predicted molar refractivity (Wildman–Crippen MR) is 82.4 cm³/mol. The summed E-state index contributed by atoms with van der Waals surface area (Å²) in [5, 5.41) is 3.14. The highest BCUT2D eigenvalue weighted by molar-refractivity contribution is 7.89. The van der Waals surface area contributed by atoms with Gasteiger partial charge in [-0.1, -0.05) is 6.92 Å². The minimum atomic E-state index is -3.48. The molecule has 0 aliphatic heterocycles. The Bertz CT molecular complexity index is 683. The molecule has 2 rings (SSSR count). The second-order valence-electron chi connectivity index (χ2n) is 4.48. The lowest BCUT2D eigenvalue weighted by Crippen LogP contribution is -2.23. The van der Waals surface area contributed by atoms with Crippen LogP contribution in [0.3, 0.4) is 0 Å². The lowest BCUT2D eigenvalue weighted by molar-refractivity contribution is 0.584. The van der Waals surface area contributed by atoms with Crippen LogP contribution in [0.4, 0.5) is 11.4 Å². The second-order valence-corrected chi connectivity index (χ2v) is 6.24. The first kappa shape index (κ1) is 15.3. The molecule has 2 aromatic rings. The molecule has 0 unspecified atom stereocenters. The van der Waals surface area contributed by atoms with Gasteiger partial charge in [-0.3, -0.25) is 0 Å². The van der Waals surface area contributed by atoms with Crippen LogP contribution in [0.25, 0.3) is 0 Å². The molecule has 0 aliphatic carbocycles. The van der Waals surface area contributed by atoms with Crippen LogP contribution in [0.15, 0.2) is 41.8 Å². The molecule has 1 heterocycles. The molecule has 7 nitrogen and oxygen atoms in total. The minimum Gasteiger partial charge on any atom is -0.397 e. The quantitative estimate of drug-likeness (QED) is 0.659. The van der Waals surface area contributed by atoms with Gasteiger partial charge in [-0.05, 0) is 18.2 Å². The summed E-state index contributed by atoms with van der Waals surface area (Å²) in [6, 6.07) is 4.62. The van der Waals surface area contributed by atoms with Crippen LogP contribution in [-0.4, -0.2) is 31.1 Å². The van der Waals surface area contributed by atoms with Crippen molar-refractivity contribution in [2.24, 2.45) is 0 Å². The molecule has 0 spiro atoms.